The lowest BCUT2D eigenvalue weighted by Crippen LogP contribution is -2.37. The van der Waals surface area contributed by atoms with Gasteiger partial charge in [-0.3, -0.25) is 9.69 Å². The van der Waals surface area contributed by atoms with Gasteiger partial charge in [0.2, 0.25) is 5.91 Å². The first kappa shape index (κ1) is 12.5. The number of carbonyl (C=O) groups excluding carboxylic acids is 1. The van der Waals surface area contributed by atoms with Gasteiger partial charge in [-0.05, 0) is 32.7 Å². The third-order valence-electron chi connectivity index (χ3n) is 3.01. The van der Waals surface area contributed by atoms with Gasteiger partial charge in [-0.1, -0.05) is 0 Å². The van der Waals surface area contributed by atoms with Crippen molar-refractivity contribution in [1.29, 1.82) is 0 Å². The Balaban J connectivity index is 2.41. The van der Waals surface area contributed by atoms with E-state index < -0.39 is 5.60 Å². The Labute approximate surface area is 91.9 Å². The third-order valence-corrected chi connectivity index (χ3v) is 3.01. The predicted molar refractivity (Wildman–Crippen MR) is 59.6 cm³/mol. The summed E-state index contributed by atoms with van der Waals surface area (Å²) in [6.45, 7) is 4.08. The van der Waals surface area contributed by atoms with Crippen molar-refractivity contribution < 1.29 is 9.90 Å². The number of hydrogen-bond acceptors (Lipinski definition) is 3. The van der Waals surface area contributed by atoms with E-state index >= 15 is 0 Å². The molecular weight excluding hydrogens is 192 g/mol. The highest BCUT2D eigenvalue weighted by Crippen LogP contribution is 2.21. The lowest BCUT2D eigenvalue weighted by atomic mass is 9.98. The zero-order chi connectivity index (χ0) is 11.5. The normalized spacial score (nSPS) is 28.5. The molecule has 1 atom stereocenters. The number of likely N-dealkylation sites (N-methyl/N-ethyl adjacent to an activating group) is 1. The minimum Gasteiger partial charge on any atom is -0.390 e. The van der Waals surface area contributed by atoms with Crippen LogP contribution in [-0.4, -0.2) is 60.1 Å². The SMILES string of the molecule is CN(C)C(=O)CN1CCCC(C)(O)CC1. The molecule has 1 heterocycles. The zero-order valence-electron chi connectivity index (χ0n) is 9.99. The van der Waals surface area contributed by atoms with Crippen LogP contribution in [0.15, 0.2) is 0 Å². The lowest BCUT2D eigenvalue weighted by molar-refractivity contribution is -0.129. The molecule has 0 saturated carbocycles. The second kappa shape index (κ2) is 4.94. The van der Waals surface area contributed by atoms with E-state index in [0.717, 1.165) is 32.4 Å². The van der Waals surface area contributed by atoms with Crippen LogP contribution in [0.2, 0.25) is 0 Å². The summed E-state index contributed by atoms with van der Waals surface area (Å²) < 4.78 is 0. The highest BCUT2D eigenvalue weighted by molar-refractivity contribution is 5.77. The first-order valence-electron chi connectivity index (χ1n) is 5.56. The molecule has 1 aliphatic heterocycles. The zero-order valence-corrected chi connectivity index (χ0v) is 9.99. The van der Waals surface area contributed by atoms with Crippen molar-refractivity contribution in [2.75, 3.05) is 33.7 Å². The number of aliphatic hydroxyl groups is 1. The minimum absolute atomic E-state index is 0.136. The molecule has 1 unspecified atom stereocenters. The number of nitrogens with zero attached hydrogens (tertiary/aromatic N) is 2. The van der Waals surface area contributed by atoms with Crippen molar-refractivity contribution in [3.05, 3.63) is 0 Å². The molecule has 0 aromatic carbocycles. The number of hydrogen-bond donors (Lipinski definition) is 1. The molecule has 4 heteroatoms. The molecule has 1 aliphatic rings. The van der Waals surface area contributed by atoms with Gasteiger partial charge in [-0.2, -0.15) is 0 Å². The van der Waals surface area contributed by atoms with E-state index in [9.17, 15) is 9.90 Å². The molecule has 1 amide bonds. The molecule has 0 radical (unpaired) electrons. The average molecular weight is 214 g/mol. The van der Waals surface area contributed by atoms with Gasteiger partial charge in [0.15, 0.2) is 0 Å². The first-order chi connectivity index (χ1) is 6.91. The summed E-state index contributed by atoms with van der Waals surface area (Å²) in [4.78, 5) is 15.2. The Bertz CT molecular complexity index is 227. The highest BCUT2D eigenvalue weighted by atomic mass is 16.3. The van der Waals surface area contributed by atoms with Crippen molar-refractivity contribution in [3.63, 3.8) is 0 Å². The van der Waals surface area contributed by atoms with Gasteiger partial charge >= 0.3 is 0 Å². The molecule has 88 valence electrons. The number of amides is 1. The summed E-state index contributed by atoms with van der Waals surface area (Å²) in [7, 11) is 3.55. The van der Waals surface area contributed by atoms with Crippen LogP contribution in [0.5, 0.6) is 0 Å². The van der Waals surface area contributed by atoms with Gasteiger partial charge in [0.25, 0.3) is 0 Å². The molecule has 0 bridgehead atoms. The topological polar surface area (TPSA) is 43.8 Å². The smallest absolute Gasteiger partial charge is 0.236 e. The molecule has 1 rings (SSSR count). The quantitative estimate of drug-likeness (QED) is 0.719. The molecule has 15 heavy (non-hydrogen) atoms. The second-order valence-corrected chi connectivity index (χ2v) is 4.91. The predicted octanol–water partition coefficient (Wildman–Crippen LogP) is 0.311. The molecule has 1 N–H and O–H groups in total. The third kappa shape index (κ3) is 4.18. The fourth-order valence-corrected chi connectivity index (χ4v) is 1.81. The summed E-state index contributed by atoms with van der Waals surface area (Å²) in [5.74, 6) is 0.136. The highest BCUT2D eigenvalue weighted by Gasteiger charge is 2.25. The maximum Gasteiger partial charge on any atom is 0.236 e. The van der Waals surface area contributed by atoms with E-state index in [4.69, 9.17) is 0 Å². The van der Waals surface area contributed by atoms with Crippen LogP contribution in [-0.2, 0) is 4.79 Å². The van der Waals surface area contributed by atoms with E-state index in [1.165, 1.54) is 0 Å². The van der Waals surface area contributed by atoms with Crippen molar-refractivity contribution in [2.24, 2.45) is 0 Å². The Morgan fingerprint density at radius 3 is 2.67 bits per heavy atom. The molecule has 0 spiro atoms. The van der Waals surface area contributed by atoms with Gasteiger partial charge in [0.1, 0.15) is 0 Å². The van der Waals surface area contributed by atoms with Crippen LogP contribution < -0.4 is 0 Å². The molecule has 1 saturated heterocycles. The van der Waals surface area contributed by atoms with Crippen LogP contribution in [0.3, 0.4) is 0 Å². The van der Waals surface area contributed by atoms with Crippen molar-refractivity contribution in [3.8, 4) is 0 Å². The first-order valence-corrected chi connectivity index (χ1v) is 5.56. The molecule has 0 aromatic heterocycles. The van der Waals surface area contributed by atoms with Crippen molar-refractivity contribution in [1.82, 2.24) is 9.80 Å². The summed E-state index contributed by atoms with van der Waals surface area (Å²) in [6, 6.07) is 0. The number of carbonyl (C=O) groups is 1. The maximum atomic E-state index is 11.5. The summed E-state index contributed by atoms with van der Waals surface area (Å²) >= 11 is 0. The van der Waals surface area contributed by atoms with E-state index in [0.29, 0.717) is 6.54 Å². The maximum absolute atomic E-state index is 11.5. The van der Waals surface area contributed by atoms with Crippen LogP contribution >= 0.6 is 0 Å². The van der Waals surface area contributed by atoms with Gasteiger partial charge < -0.3 is 10.0 Å². The van der Waals surface area contributed by atoms with E-state index in [1.54, 1.807) is 19.0 Å². The van der Waals surface area contributed by atoms with Crippen molar-refractivity contribution in [2.45, 2.75) is 31.8 Å². The van der Waals surface area contributed by atoms with E-state index in [-0.39, 0.29) is 5.91 Å². The summed E-state index contributed by atoms with van der Waals surface area (Å²) in [5, 5.41) is 9.89. The monoisotopic (exact) mass is 214 g/mol. The fourth-order valence-electron chi connectivity index (χ4n) is 1.81. The lowest BCUT2D eigenvalue weighted by Gasteiger charge is -2.23. The Kier molecular flexibility index (Phi) is 4.11. The van der Waals surface area contributed by atoms with Crippen LogP contribution in [0.1, 0.15) is 26.2 Å². The van der Waals surface area contributed by atoms with Crippen LogP contribution in [0, 0.1) is 0 Å². The molecule has 4 nitrogen and oxygen atoms in total. The van der Waals surface area contributed by atoms with E-state index in [2.05, 4.69) is 4.90 Å². The van der Waals surface area contributed by atoms with Crippen LogP contribution in [0.25, 0.3) is 0 Å². The Hall–Kier alpha value is -0.610. The Morgan fingerprint density at radius 1 is 1.40 bits per heavy atom. The average Bonchev–Trinajstić information content (AvgIpc) is 2.28. The minimum atomic E-state index is -0.546. The van der Waals surface area contributed by atoms with Gasteiger partial charge in [-0.25, -0.2) is 0 Å². The molecule has 0 aromatic rings. The summed E-state index contributed by atoms with van der Waals surface area (Å²) in [5.41, 5.74) is -0.546. The van der Waals surface area contributed by atoms with Crippen molar-refractivity contribution >= 4 is 5.91 Å². The number of rotatable bonds is 2. The van der Waals surface area contributed by atoms with Gasteiger partial charge in [0.05, 0.1) is 12.1 Å². The van der Waals surface area contributed by atoms with Gasteiger partial charge in [0, 0.05) is 20.6 Å². The second-order valence-electron chi connectivity index (χ2n) is 4.91. The largest absolute Gasteiger partial charge is 0.390 e. The Morgan fingerprint density at radius 2 is 2.07 bits per heavy atom. The molecular formula is C11H22N2O2. The van der Waals surface area contributed by atoms with Gasteiger partial charge in [-0.15, -0.1) is 0 Å². The molecule has 1 fully saturated rings. The standard InChI is InChI=1S/C11H22N2O2/c1-11(15)5-4-7-13(8-6-11)9-10(14)12(2)3/h15H,4-9H2,1-3H3. The number of likely N-dealkylation sites (tertiary alicyclic amines) is 1. The van der Waals surface area contributed by atoms with E-state index in [1.807, 2.05) is 6.92 Å². The van der Waals surface area contributed by atoms with Crippen LogP contribution in [0.4, 0.5) is 0 Å². The molecule has 0 aliphatic carbocycles. The fraction of sp³-hybridized carbons (Fsp3) is 0.909. The summed E-state index contributed by atoms with van der Waals surface area (Å²) in [6.07, 6.45) is 2.56.